The van der Waals surface area contributed by atoms with E-state index >= 15 is 0 Å². The number of ether oxygens (including phenoxy) is 1. The molecule has 0 aliphatic rings. The number of aromatic nitrogens is 1. The third kappa shape index (κ3) is 2.57. The first-order valence-electron chi connectivity index (χ1n) is 4.98. The average Bonchev–Trinajstić information content (AvgIpc) is 2.34. The Morgan fingerprint density at radius 3 is 2.76 bits per heavy atom. The first kappa shape index (κ1) is 11.9. The summed E-state index contributed by atoms with van der Waals surface area (Å²) in [6, 6.07) is 7.24. The number of pyridine rings is 1. The lowest BCUT2D eigenvalue weighted by atomic mass is 10.2. The Balaban J connectivity index is 2.38. The second-order valence-corrected chi connectivity index (χ2v) is 4.26. The molecule has 0 saturated carbocycles. The number of hydrogen-bond donors (Lipinski definition) is 2. The van der Waals surface area contributed by atoms with Gasteiger partial charge in [0.2, 0.25) is 0 Å². The molecule has 2 aromatic rings. The highest BCUT2D eigenvalue weighted by atomic mass is 79.9. The lowest BCUT2D eigenvalue weighted by Crippen LogP contribution is -1.96. The van der Waals surface area contributed by atoms with E-state index in [4.69, 9.17) is 10.5 Å². The Labute approximate surface area is 107 Å². The van der Waals surface area contributed by atoms with Crippen LogP contribution in [0.3, 0.4) is 0 Å². The third-order valence-electron chi connectivity index (χ3n) is 2.24. The molecule has 0 radical (unpaired) electrons. The highest BCUT2D eigenvalue weighted by Crippen LogP contribution is 2.35. The van der Waals surface area contributed by atoms with Crippen LogP contribution in [0.25, 0.3) is 0 Å². The summed E-state index contributed by atoms with van der Waals surface area (Å²) in [7, 11) is 0. The molecule has 1 aromatic heterocycles. The van der Waals surface area contributed by atoms with Crippen molar-refractivity contribution >= 4 is 21.6 Å². The zero-order valence-electron chi connectivity index (χ0n) is 8.93. The van der Waals surface area contributed by atoms with Gasteiger partial charge in [-0.05, 0) is 22.0 Å². The maximum absolute atomic E-state index is 9.20. The highest BCUT2D eigenvalue weighted by molar-refractivity contribution is 9.10. The fraction of sp³-hybridized carbons (Fsp3) is 0.0833. The van der Waals surface area contributed by atoms with Crippen LogP contribution < -0.4 is 10.5 Å². The first-order valence-corrected chi connectivity index (χ1v) is 5.77. The second kappa shape index (κ2) is 5.16. The number of halogens is 1. The van der Waals surface area contributed by atoms with Crippen LogP contribution in [0.1, 0.15) is 5.56 Å². The second-order valence-electron chi connectivity index (χ2n) is 3.41. The minimum absolute atomic E-state index is 0.0845. The summed E-state index contributed by atoms with van der Waals surface area (Å²) in [4.78, 5) is 3.93. The number of benzene rings is 1. The summed E-state index contributed by atoms with van der Waals surface area (Å²) in [5.41, 5.74) is 6.92. The fourth-order valence-electron chi connectivity index (χ4n) is 1.39. The molecule has 1 aromatic carbocycles. The summed E-state index contributed by atoms with van der Waals surface area (Å²) < 4.78 is 6.36. The van der Waals surface area contributed by atoms with E-state index in [2.05, 4.69) is 20.9 Å². The predicted molar refractivity (Wildman–Crippen MR) is 68.8 cm³/mol. The number of nitrogens with two attached hydrogens (primary N) is 1. The monoisotopic (exact) mass is 294 g/mol. The van der Waals surface area contributed by atoms with E-state index in [0.29, 0.717) is 27.2 Å². The molecule has 17 heavy (non-hydrogen) atoms. The van der Waals surface area contributed by atoms with Crippen molar-refractivity contribution in [1.29, 1.82) is 0 Å². The van der Waals surface area contributed by atoms with Gasteiger partial charge < -0.3 is 15.6 Å². The summed E-state index contributed by atoms with van der Waals surface area (Å²) in [5, 5.41) is 9.20. The summed E-state index contributed by atoms with van der Waals surface area (Å²) >= 11 is 3.32. The molecule has 0 unspecified atom stereocenters. The zero-order valence-corrected chi connectivity index (χ0v) is 10.5. The fourth-order valence-corrected chi connectivity index (χ4v) is 1.82. The van der Waals surface area contributed by atoms with Crippen LogP contribution in [-0.2, 0) is 6.61 Å². The zero-order chi connectivity index (χ0) is 12.3. The van der Waals surface area contributed by atoms with E-state index in [-0.39, 0.29) is 6.61 Å². The van der Waals surface area contributed by atoms with Gasteiger partial charge >= 0.3 is 0 Å². The van der Waals surface area contributed by atoms with Gasteiger partial charge in [0.05, 0.1) is 23.0 Å². The Bertz CT molecular complexity index is 511. The van der Waals surface area contributed by atoms with Crippen LogP contribution >= 0.6 is 15.9 Å². The molecular weight excluding hydrogens is 284 g/mol. The number of anilines is 1. The molecule has 0 aliphatic heterocycles. The van der Waals surface area contributed by atoms with E-state index in [1.165, 1.54) is 6.20 Å². The third-order valence-corrected chi connectivity index (χ3v) is 2.80. The normalized spacial score (nSPS) is 10.2. The van der Waals surface area contributed by atoms with Gasteiger partial charge in [-0.15, -0.1) is 0 Å². The summed E-state index contributed by atoms with van der Waals surface area (Å²) in [6.07, 6.45) is 3.12. The van der Waals surface area contributed by atoms with Crippen molar-refractivity contribution in [2.75, 3.05) is 5.73 Å². The summed E-state index contributed by atoms with van der Waals surface area (Å²) in [6.45, 7) is -0.0845. The first-order chi connectivity index (χ1) is 8.22. The van der Waals surface area contributed by atoms with Crippen LogP contribution in [0.2, 0.25) is 0 Å². The molecule has 0 saturated heterocycles. The minimum atomic E-state index is -0.0845. The van der Waals surface area contributed by atoms with Gasteiger partial charge in [0, 0.05) is 11.8 Å². The van der Waals surface area contributed by atoms with E-state index in [0.717, 1.165) is 0 Å². The predicted octanol–water partition coefficient (Wildman–Crippen LogP) is 2.71. The Morgan fingerprint density at radius 1 is 1.29 bits per heavy atom. The Morgan fingerprint density at radius 2 is 2.06 bits per heavy atom. The molecular formula is C12H11BrN2O2. The van der Waals surface area contributed by atoms with E-state index in [9.17, 15) is 5.11 Å². The van der Waals surface area contributed by atoms with Crippen LogP contribution in [0.4, 0.5) is 5.69 Å². The molecule has 3 N–H and O–H groups in total. The number of aliphatic hydroxyl groups is 1. The van der Waals surface area contributed by atoms with E-state index in [1.54, 1.807) is 18.3 Å². The lowest BCUT2D eigenvalue weighted by Gasteiger charge is -2.12. The van der Waals surface area contributed by atoms with Gasteiger partial charge in [-0.25, -0.2) is 0 Å². The van der Waals surface area contributed by atoms with Crippen molar-refractivity contribution in [1.82, 2.24) is 4.98 Å². The lowest BCUT2D eigenvalue weighted by molar-refractivity contribution is 0.276. The molecule has 0 bridgehead atoms. The molecule has 2 rings (SSSR count). The van der Waals surface area contributed by atoms with Gasteiger partial charge in [-0.2, -0.15) is 0 Å². The minimum Gasteiger partial charge on any atom is -0.454 e. The molecule has 0 atom stereocenters. The van der Waals surface area contributed by atoms with Gasteiger partial charge in [0.15, 0.2) is 5.75 Å². The van der Waals surface area contributed by atoms with Crippen molar-refractivity contribution in [2.24, 2.45) is 0 Å². The molecule has 0 fully saturated rings. The molecule has 0 spiro atoms. The molecule has 1 heterocycles. The van der Waals surface area contributed by atoms with Crippen molar-refractivity contribution in [3.8, 4) is 11.5 Å². The van der Waals surface area contributed by atoms with Gasteiger partial charge in [0.25, 0.3) is 0 Å². The Kier molecular flexibility index (Phi) is 3.61. The number of hydrogen-bond acceptors (Lipinski definition) is 4. The van der Waals surface area contributed by atoms with E-state index in [1.807, 2.05) is 12.1 Å². The quantitative estimate of drug-likeness (QED) is 0.913. The largest absolute Gasteiger partial charge is 0.454 e. The highest BCUT2D eigenvalue weighted by Gasteiger charge is 2.09. The molecule has 5 heteroatoms. The Hall–Kier alpha value is -1.59. The van der Waals surface area contributed by atoms with Crippen molar-refractivity contribution < 1.29 is 9.84 Å². The van der Waals surface area contributed by atoms with Crippen molar-refractivity contribution in [2.45, 2.75) is 6.61 Å². The standard InChI is InChI=1S/C12H11BrN2O2/c13-9-5-15-6-10(14)12(9)17-11-4-2-1-3-8(11)7-16/h1-6,16H,7,14H2. The number of rotatable bonds is 3. The molecule has 0 aliphatic carbocycles. The van der Waals surface area contributed by atoms with E-state index < -0.39 is 0 Å². The topological polar surface area (TPSA) is 68.4 Å². The number of aliphatic hydroxyl groups excluding tert-OH is 1. The van der Waals surface area contributed by atoms with Crippen LogP contribution in [0.5, 0.6) is 11.5 Å². The maximum atomic E-state index is 9.20. The van der Waals surface area contributed by atoms with Crippen LogP contribution in [0.15, 0.2) is 41.1 Å². The molecule has 0 amide bonds. The molecule has 88 valence electrons. The SMILES string of the molecule is Nc1cncc(Br)c1Oc1ccccc1CO. The van der Waals surface area contributed by atoms with Gasteiger partial charge in [-0.3, -0.25) is 4.98 Å². The maximum Gasteiger partial charge on any atom is 0.167 e. The van der Waals surface area contributed by atoms with Crippen LogP contribution in [-0.4, -0.2) is 10.1 Å². The van der Waals surface area contributed by atoms with Crippen molar-refractivity contribution in [3.05, 3.63) is 46.7 Å². The number of nitrogens with zero attached hydrogens (tertiary/aromatic N) is 1. The van der Waals surface area contributed by atoms with Gasteiger partial charge in [-0.1, -0.05) is 18.2 Å². The average molecular weight is 295 g/mol. The molecule has 4 nitrogen and oxygen atoms in total. The van der Waals surface area contributed by atoms with Crippen LogP contribution in [0, 0.1) is 0 Å². The number of nitrogen functional groups attached to an aromatic ring is 1. The summed E-state index contributed by atoms with van der Waals surface area (Å²) in [5.74, 6) is 1.08. The smallest absolute Gasteiger partial charge is 0.167 e. The van der Waals surface area contributed by atoms with Gasteiger partial charge in [0.1, 0.15) is 5.75 Å². The number of para-hydroxylation sites is 1. The van der Waals surface area contributed by atoms with Crippen molar-refractivity contribution in [3.63, 3.8) is 0 Å².